The van der Waals surface area contributed by atoms with Gasteiger partial charge in [-0.05, 0) is 37.1 Å². The van der Waals surface area contributed by atoms with Crippen LogP contribution in [0.15, 0.2) is 36.5 Å². The largest absolute Gasteiger partial charge is 0.257 e. The first-order valence-corrected chi connectivity index (χ1v) is 5.57. The summed E-state index contributed by atoms with van der Waals surface area (Å²) in [4.78, 5) is 8.95. The van der Waals surface area contributed by atoms with E-state index < -0.39 is 0 Å². The van der Waals surface area contributed by atoms with Crippen molar-refractivity contribution in [2.75, 3.05) is 0 Å². The highest BCUT2D eigenvalue weighted by Crippen LogP contribution is 2.22. The molecule has 2 heteroatoms. The zero-order valence-electron chi connectivity index (χ0n) is 9.94. The number of nitrogens with zero attached hydrogens (tertiary/aromatic N) is 2. The fourth-order valence-corrected chi connectivity index (χ4v) is 1.69. The molecule has 2 nitrogen and oxygen atoms in total. The number of hydrogen-bond donors (Lipinski definition) is 0. The van der Waals surface area contributed by atoms with Gasteiger partial charge in [0, 0.05) is 23.1 Å². The average Bonchev–Trinajstić information content (AvgIpc) is 2.30. The lowest BCUT2D eigenvalue weighted by molar-refractivity contribution is 0.816. The third-order valence-electron chi connectivity index (χ3n) is 2.64. The Balaban J connectivity index is 2.45. The zero-order valence-corrected chi connectivity index (χ0v) is 9.94. The van der Waals surface area contributed by atoms with Crippen LogP contribution in [0.1, 0.15) is 31.2 Å². The minimum absolute atomic E-state index is 0.469. The lowest BCUT2D eigenvalue weighted by Crippen LogP contribution is -1.97. The van der Waals surface area contributed by atoms with Gasteiger partial charge in [-0.3, -0.25) is 9.97 Å². The lowest BCUT2D eigenvalue weighted by Gasteiger charge is -2.09. The molecule has 0 atom stereocenters. The van der Waals surface area contributed by atoms with Crippen molar-refractivity contribution >= 4 is 0 Å². The third-order valence-corrected chi connectivity index (χ3v) is 2.64. The van der Waals surface area contributed by atoms with Crippen LogP contribution in [0.5, 0.6) is 0 Å². The Bertz CT molecular complexity index is 475. The third kappa shape index (κ3) is 2.11. The molecule has 0 bridgehead atoms. The van der Waals surface area contributed by atoms with E-state index in [2.05, 4.69) is 35.9 Å². The Morgan fingerprint density at radius 1 is 1.06 bits per heavy atom. The summed E-state index contributed by atoms with van der Waals surface area (Å²) in [7, 11) is 0. The van der Waals surface area contributed by atoms with Gasteiger partial charge in [0.25, 0.3) is 0 Å². The molecule has 0 aromatic carbocycles. The van der Waals surface area contributed by atoms with E-state index in [1.165, 1.54) is 0 Å². The molecular weight excluding hydrogens is 196 g/mol. The monoisotopic (exact) mass is 212 g/mol. The lowest BCUT2D eigenvalue weighted by atomic mass is 10.1. The maximum Gasteiger partial charge on any atom is 0.0720 e. The van der Waals surface area contributed by atoms with Gasteiger partial charge in [0.05, 0.1) is 5.69 Å². The van der Waals surface area contributed by atoms with Crippen molar-refractivity contribution in [1.82, 2.24) is 9.97 Å². The van der Waals surface area contributed by atoms with Gasteiger partial charge in [0.1, 0.15) is 0 Å². The highest BCUT2D eigenvalue weighted by Gasteiger charge is 2.06. The molecule has 0 fully saturated rings. The highest BCUT2D eigenvalue weighted by molar-refractivity contribution is 5.61. The Morgan fingerprint density at radius 2 is 1.88 bits per heavy atom. The second kappa shape index (κ2) is 4.44. The second-order valence-electron chi connectivity index (χ2n) is 4.24. The van der Waals surface area contributed by atoms with Crippen molar-refractivity contribution in [3.8, 4) is 11.3 Å². The van der Waals surface area contributed by atoms with Gasteiger partial charge >= 0.3 is 0 Å². The molecule has 2 heterocycles. The summed E-state index contributed by atoms with van der Waals surface area (Å²) in [5.74, 6) is 0.469. The zero-order chi connectivity index (χ0) is 11.5. The van der Waals surface area contributed by atoms with Crippen molar-refractivity contribution in [3.05, 3.63) is 47.9 Å². The van der Waals surface area contributed by atoms with Gasteiger partial charge in [0.2, 0.25) is 0 Å². The van der Waals surface area contributed by atoms with E-state index in [1.54, 1.807) is 0 Å². The minimum atomic E-state index is 0.469. The molecule has 0 N–H and O–H groups in total. The molecule has 2 aromatic heterocycles. The molecule has 82 valence electrons. The molecular formula is C14H16N2. The van der Waals surface area contributed by atoms with Crippen LogP contribution >= 0.6 is 0 Å². The molecule has 0 spiro atoms. The van der Waals surface area contributed by atoms with E-state index >= 15 is 0 Å². The van der Waals surface area contributed by atoms with Gasteiger partial charge in [-0.25, -0.2) is 0 Å². The molecule has 0 unspecified atom stereocenters. The number of pyridine rings is 2. The summed E-state index contributed by atoms with van der Waals surface area (Å²) >= 11 is 0. The predicted octanol–water partition coefficient (Wildman–Crippen LogP) is 3.58. The van der Waals surface area contributed by atoms with Crippen LogP contribution in [0.2, 0.25) is 0 Å². The Morgan fingerprint density at radius 3 is 2.44 bits per heavy atom. The van der Waals surface area contributed by atoms with Crippen LogP contribution in [-0.2, 0) is 0 Å². The molecule has 0 saturated heterocycles. The first kappa shape index (κ1) is 10.8. The normalized spacial score (nSPS) is 10.8. The Hall–Kier alpha value is -1.70. The van der Waals surface area contributed by atoms with Gasteiger partial charge in [-0.15, -0.1) is 0 Å². The van der Waals surface area contributed by atoms with Crippen molar-refractivity contribution < 1.29 is 0 Å². The molecule has 0 aliphatic heterocycles. The van der Waals surface area contributed by atoms with Crippen molar-refractivity contribution in [2.24, 2.45) is 0 Å². The fourth-order valence-electron chi connectivity index (χ4n) is 1.69. The Labute approximate surface area is 96.4 Å². The Kier molecular flexibility index (Phi) is 3.00. The maximum absolute atomic E-state index is 4.61. The van der Waals surface area contributed by atoms with E-state index in [4.69, 9.17) is 0 Å². The molecule has 0 aliphatic rings. The van der Waals surface area contributed by atoms with Gasteiger partial charge in [-0.1, -0.05) is 19.9 Å². The first-order valence-electron chi connectivity index (χ1n) is 5.57. The molecule has 0 saturated carbocycles. The predicted molar refractivity (Wildman–Crippen MR) is 66.3 cm³/mol. The van der Waals surface area contributed by atoms with Gasteiger partial charge < -0.3 is 0 Å². The molecule has 0 radical (unpaired) electrons. The van der Waals surface area contributed by atoms with E-state index in [0.717, 1.165) is 22.6 Å². The van der Waals surface area contributed by atoms with Crippen molar-refractivity contribution in [1.29, 1.82) is 0 Å². The van der Waals surface area contributed by atoms with Crippen LogP contribution in [0.3, 0.4) is 0 Å². The number of hydrogen-bond acceptors (Lipinski definition) is 2. The molecule has 16 heavy (non-hydrogen) atoms. The van der Waals surface area contributed by atoms with Crippen LogP contribution in [0.25, 0.3) is 11.3 Å². The van der Waals surface area contributed by atoms with Crippen LogP contribution in [0.4, 0.5) is 0 Å². The smallest absolute Gasteiger partial charge is 0.0720 e. The quantitative estimate of drug-likeness (QED) is 0.760. The summed E-state index contributed by atoms with van der Waals surface area (Å²) in [6.07, 6.45) is 1.81. The van der Waals surface area contributed by atoms with E-state index in [1.807, 2.05) is 31.3 Å². The molecule has 2 rings (SSSR count). The van der Waals surface area contributed by atoms with Crippen molar-refractivity contribution in [2.45, 2.75) is 26.7 Å². The summed E-state index contributed by atoms with van der Waals surface area (Å²) in [6, 6.07) is 10.1. The van der Waals surface area contributed by atoms with Crippen LogP contribution in [0, 0.1) is 6.92 Å². The summed E-state index contributed by atoms with van der Waals surface area (Å²) in [6.45, 7) is 6.35. The SMILES string of the molecule is Cc1nc(C(C)C)ccc1-c1ccccn1. The fraction of sp³-hybridized carbons (Fsp3) is 0.286. The standard InChI is InChI=1S/C14H16N2/c1-10(2)13-8-7-12(11(3)16-13)14-6-4-5-9-15-14/h4-10H,1-3H3. The molecule has 0 aliphatic carbocycles. The van der Waals surface area contributed by atoms with E-state index in [9.17, 15) is 0 Å². The first-order chi connectivity index (χ1) is 7.68. The van der Waals surface area contributed by atoms with Crippen LogP contribution in [-0.4, -0.2) is 9.97 Å². The topological polar surface area (TPSA) is 25.8 Å². The molecule has 2 aromatic rings. The van der Waals surface area contributed by atoms with Gasteiger partial charge in [-0.2, -0.15) is 0 Å². The second-order valence-corrected chi connectivity index (χ2v) is 4.24. The molecule has 0 amide bonds. The average molecular weight is 212 g/mol. The number of rotatable bonds is 2. The van der Waals surface area contributed by atoms with E-state index in [-0.39, 0.29) is 0 Å². The summed E-state index contributed by atoms with van der Waals surface area (Å²) in [5.41, 5.74) is 4.29. The van der Waals surface area contributed by atoms with E-state index in [0.29, 0.717) is 5.92 Å². The number of aryl methyl sites for hydroxylation is 1. The number of aromatic nitrogens is 2. The summed E-state index contributed by atoms with van der Waals surface area (Å²) in [5, 5.41) is 0. The van der Waals surface area contributed by atoms with Crippen molar-refractivity contribution in [3.63, 3.8) is 0 Å². The van der Waals surface area contributed by atoms with Crippen LogP contribution < -0.4 is 0 Å². The summed E-state index contributed by atoms with van der Waals surface area (Å²) < 4.78 is 0. The minimum Gasteiger partial charge on any atom is -0.257 e. The maximum atomic E-state index is 4.61. The van der Waals surface area contributed by atoms with Gasteiger partial charge in [0.15, 0.2) is 0 Å². The highest BCUT2D eigenvalue weighted by atomic mass is 14.7.